The van der Waals surface area contributed by atoms with Crippen molar-refractivity contribution in [2.24, 2.45) is 0 Å². The first-order chi connectivity index (χ1) is 18.4. The number of sulfonamides is 1. The van der Waals surface area contributed by atoms with Gasteiger partial charge in [-0.15, -0.1) is 0 Å². The lowest BCUT2D eigenvalue weighted by atomic mass is 10.1. The Bertz CT molecular complexity index is 1280. The summed E-state index contributed by atoms with van der Waals surface area (Å²) in [5.74, 6) is -0.472. The van der Waals surface area contributed by atoms with E-state index in [9.17, 15) is 28.1 Å². The maximum atomic E-state index is 13.8. The average Bonchev–Trinajstić information content (AvgIpc) is 2.90. The predicted octanol–water partition coefficient (Wildman–Crippen LogP) is 3.10. The molecule has 12 nitrogen and oxygen atoms in total. The van der Waals surface area contributed by atoms with Crippen LogP contribution in [0, 0.1) is 10.1 Å². The van der Waals surface area contributed by atoms with E-state index in [0.717, 1.165) is 16.6 Å². The second kappa shape index (κ2) is 13.8. The van der Waals surface area contributed by atoms with E-state index in [-0.39, 0.29) is 42.0 Å². The van der Waals surface area contributed by atoms with Crippen LogP contribution in [0.3, 0.4) is 0 Å². The largest absolute Gasteiger partial charge is 0.497 e. The lowest BCUT2D eigenvalue weighted by molar-refractivity contribution is -0.384. The molecular weight excluding hydrogens is 528 g/mol. The van der Waals surface area contributed by atoms with Crippen LogP contribution in [-0.4, -0.2) is 69.2 Å². The number of rotatable bonds is 14. The number of nitro groups is 1. The van der Waals surface area contributed by atoms with Crippen LogP contribution < -0.4 is 19.1 Å². The number of non-ortho nitro benzene ring substituents is 1. The van der Waals surface area contributed by atoms with Crippen LogP contribution in [0.1, 0.15) is 39.2 Å². The average molecular weight is 565 g/mol. The summed E-state index contributed by atoms with van der Waals surface area (Å²) < 4.78 is 37.0. The quantitative estimate of drug-likeness (QED) is 0.272. The molecule has 0 saturated carbocycles. The topological polar surface area (TPSA) is 148 Å². The summed E-state index contributed by atoms with van der Waals surface area (Å²) in [6.45, 7) is 4.80. The van der Waals surface area contributed by atoms with E-state index in [1.807, 2.05) is 13.8 Å². The number of carbonyl (C=O) groups is 2. The first kappa shape index (κ1) is 31.3. The Balaban J connectivity index is 2.58. The van der Waals surface area contributed by atoms with E-state index in [1.165, 1.54) is 31.3 Å². The lowest BCUT2D eigenvalue weighted by Crippen LogP contribution is -2.53. The van der Waals surface area contributed by atoms with Crippen molar-refractivity contribution in [3.63, 3.8) is 0 Å². The number of hydrogen-bond donors (Lipinski definition) is 1. The van der Waals surface area contributed by atoms with Gasteiger partial charge in [-0.3, -0.25) is 24.0 Å². The minimum absolute atomic E-state index is 0.00780. The standard InChI is InChI=1S/C26H36N4O8S/c1-7-18(3)27-26(32)22(8-2)28(16-19-10-9-11-21(14-19)37-4)25(31)17-29(39(6,35)36)23-15-20(30(33)34)12-13-24(23)38-5/h9-15,18,22H,7-8,16-17H2,1-6H3,(H,27,32)/t18-,22-/m1/s1. The van der Waals surface area contributed by atoms with Crippen molar-refractivity contribution in [3.8, 4) is 11.5 Å². The highest BCUT2D eigenvalue weighted by Gasteiger charge is 2.33. The maximum absolute atomic E-state index is 13.8. The molecule has 0 spiro atoms. The molecule has 0 aromatic heterocycles. The van der Waals surface area contributed by atoms with Gasteiger partial charge in [0.15, 0.2) is 0 Å². The molecular formula is C26H36N4O8S. The van der Waals surface area contributed by atoms with Crippen molar-refractivity contribution >= 4 is 33.2 Å². The highest BCUT2D eigenvalue weighted by Crippen LogP contribution is 2.34. The minimum atomic E-state index is -4.12. The second-order valence-electron chi connectivity index (χ2n) is 9.00. The fourth-order valence-corrected chi connectivity index (χ4v) is 4.75. The maximum Gasteiger partial charge on any atom is 0.271 e. The summed E-state index contributed by atoms with van der Waals surface area (Å²) in [5, 5.41) is 14.3. The number of carbonyl (C=O) groups excluding carboxylic acids is 2. The molecule has 0 saturated heterocycles. The van der Waals surface area contributed by atoms with E-state index in [1.54, 1.807) is 31.2 Å². The van der Waals surface area contributed by atoms with Crippen LogP contribution >= 0.6 is 0 Å². The van der Waals surface area contributed by atoms with E-state index in [4.69, 9.17) is 9.47 Å². The molecule has 0 aliphatic heterocycles. The molecule has 1 N–H and O–H groups in total. The number of ether oxygens (including phenoxy) is 2. The fourth-order valence-electron chi connectivity index (χ4n) is 3.91. The second-order valence-corrected chi connectivity index (χ2v) is 10.9. The van der Waals surface area contributed by atoms with Crippen molar-refractivity contribution in [2.45, 2.75) is 52.2 Å². The van der Waals surface area contributed by atoms with Crippen LogP contribution in [0.5, 0.6) is 11.5 Å². The number of hydrogen-bond acceptors (Lipinski definition) is 8. The SMILES string of the molecule is CC[C@@H](C)NC(=O)[C@@H](CC)N(Cc1cccc(OC)c1)C(=O)CN(c1cc([N+](=O)[O-])ccc1OC)S(C)(=O)=O. The molecule has 39 heavy (non-hydrogen) atoms. The molecule has 0 aliphatic rings. The van der Waals surface area contributed by atoms with Crippen molar-refractivity contribution < 1.29 is 32.4 Å². The smallest absolute Gasteiger partial charge is 0.271 e. The lowest BCUT2D eigenvalue weighted by Gasteiger charge is -2.33. The molecule has 214 valence electrons. The first-order valence-corrected chi connectivity index (χ1v) is 14.2. The van der Waals surface area contributed by atoms with Crippen LogP contribution in [-0.2, 0) is 26.2 Å². The van der Waals surface area contributed by atoms with E-state index < -0.39 is 33.4 Å². The zero-order valence-electron chi connectivity index (χ0n) is 23.0. The number of amides is 2. The van der Waals surface area contributed by atoms with Crippen LogP contribution in [0.15, 0.2) is 42.5 Å². The fraction of sp³-hybridized carbons (Fsp3) is 0.462. The summed E-state index contributed by atoms with van der Waals surface area (Å²) in [6.07, 6.45) is 1.83. The minimum Gasteiger partial charge on any atom is -0.497 e. The number of methoxy groups -OCH3 is 2. The van der Waals surface area contributed by atoms with Gasteiger partial charge in [0, 0.05) is 24.7 Å². The van der Waals surface area contributed by atoms with Gasteiger partial charge in [-0.05, 0) is 43.5 Å². The van der Waals surface area contributed by atoms with Gasteiger partial charge in [-0.2, -0.15) is 0 Å². The monoisotopic (exact) mass is 564 g/mol. The van der Waals surface area contributed by atoms with Gasteiger partial charge in [0.05, 0.1) is 25.4 Å². The molecule has 0 bridgehead atoms. The molecule has 0 fully saturated rings. The number of nitrogens with zero attached hydrogens (tertiary/aromatic N) is 3. The molecule has 0 unspecified atom stereocenters. The summed E-state index contributed by atoms with van der Waals surface area (Å²) >= 11 is 0. The van der Waals surface area contributed by atoms with Gasteiger partial charge in [-0.25, -0.2) is 8.42 Å². The third kappa shape index (κ3) is 8.31. The normalized spacial score (nSPS) is 12.7. The molecule has 2 rings (SSSR count). The Hall–Kier alpha value is -3.87. The Morgan fingerprint density at radius 1 is 1.08 bits per heavy atom. The van der Waals surface area contributed by atoms with Crippen LogP contribution in [0.25, 0.3) is 0 Å². The van der Waals surface area contributed by atoms with Crippen LogP contribution in [0.4, 0.5) is 11.4 Å². The third-order valence-electron chi connectivity index (χ3n) is 6.20. The number of nitrogens with one attached hydrogen (secondary N) is 1. The number of anilines is 1. The number of nitro benzene ring substituents is 1. The molecule has 13 heteroatoms. The third-order valence-corrected chi connectivity index (χ3v) is 7.32. The molecule has 2 atom stereocenters. The summed E-state index contributed by atoms with van der Waals surface area (Å²) in [7, 11) is -1.33. The molecule has 0 radical (unpaired) electrons. The molecule has 2 aromatic carbocycles. The zero-order chi connectivity index (χ0) is 29.3. The van der Waals surface area contributed by atoms with Crippen molar-refractivity contribution in [1.82, 2.24) is 10.2 Å². The van der Waals surface area contributed by atoms with Gasteiger partial charge in [0.2, 0.25) is 21.8 Å². The number of benzene rings is 2. The van der Waals surface area contributed by atoms with E-state index in [0.29, 0.717) is 17.7 Å². The van der Waals surface area contributed by atoms with E-state index >= 15 is 0 Å². The van der Waals surface area contributed by atoms with Crippen molar-refractivity contribution in [1.29, 1.82) is 0 Å². The zero-order valence-corrected chi connectivity index (χ0v) is 23.9. The summed E-state index contributed by atoms with van der Waals surface area (Å²) in [4.78, 5) is 39.1. The first-order valence-electron chi connectivity index (χ1n) is 12.4. The van der Waals surface area contributed by atoms with Crippen molar-refractivity contribution in [3.05, 3.63) is 58.1 Å². The van der Waals surface area contributed by atoms with Crippen molar-refractivity contribution in [2.75, 3.05) is 31.3 Å². The molecule has 2 aromatic rings. The molecule has 0 aliphatic carbocycles. The van der Waals surface area contributed by atoms with Crippen LogP contribution in [0.2, 0.25) is 0 Å². The Morgan fingerprint density at radius 3 is 2.31 bits per heavy atom. The summed E-state index contributed by atoms with van der Waals surface area (Å²) in [6, 6.07) is 9.39. The van der Waals surface area contributed by atoms with Gasteiger partial charge >= 0.3 is 0 Å². The summed E-state index contributed by atoms with van der Waals surface area (Å²) in [5.41, 5.74) is 0.122. The Labute approximate surface area is 229 Å². The highest BCUT2D eigenvalue weighted by atomic mass is 32.2. The molecule has 2 amide bonds. The van der Waals surface area contributed by atoms with Gasteiger partial charge < -0.3 is 19.7 Å². The van der Waals surface area contributed by atoms with E-state index in [2.05, 4.69) is 5.32 Å². The Kier molecular flexibility index (Phi) is 11.1. The highest BCUT2D eigenvalue weighted by molar-refractivity contribution is 7.92. The Morgan fingerprint density at radius 2 is 1.77 bits per heavy atom. The molecule has 0 heterocycles. The predicted molar refractivity (Wildman–Crippen MR) is 147 cm³/mol. The van der Waals surface area contributed by atoms with Gasteiger partial charge in [0.25, 0.3) is 5.69 Å². The van der Waals surface area contributed by atoms with Gasteiger partial charge in [0.1, 0.15) is 29.8 Å². The van der Waals surface area contributed by atoms with Gasteiger partial charge in [-0.1, -0.05) is 26.0 Å².